The Morgan fingerprint density at radius 2 is 1.56 bits per heavy atom. The van der Waals surface area contributed by atoms with E-state index in [2.05, 4.69) is 0 Å². The van der Waals surface area contributed by atoms with E-state index in [0.29, 0.717) is 5.02 Å². The molecule has 2 aromatic rings. The monoisotopic (exact) mass is 416 g/mol. The first-order valence-corrected chi connectivity index (χ1v) is 9.03. The maximum atomic E-state index is 14.7. The van der Waals surface area contributed by atoms with Gasteiger partial charge in [0.25, 0.3) is 5.92 Å². The molecule has 2 aromatic carbocycles. The summed E-state index contributed by atoms with van der Waals surface area (Å²) in [6.07, 6.45) is -0.309. The fourth-order valence-corrected chi connectivity index (χ4v) is 2.62. The Bertz CT molecular complexity index is 818. The van der Waals surface area contributed by atoms with E-state index in [1.54, 1.807) is 13.8 Å². The largest absolute Gasteiger partial charge is 0.475 e. The molecule has 0 spiro atoms. The molecule has 146 valence electrons. The molecule has 0 aromatic heterocycles. The van der Waals surface area contributed by atoms with Crippen LogP contribution in [0.25, 0.3) is 0 Å². The summed E-state index contributed by atoms with van der Waals surface area (Å²) < 4.78 is 40.2. The van der Waals surface area contributed by atoms with E-state index in [4.69, 9.17) is 32.7 Å². The number of hydrogen-bond acceptors (Lipinski definition) is 3. The second kappa shape index (κ2) is 8.03. The van der Waals surface area contributed by atoms with Gasteiger partial charge in [-0.1, -0.05) is 35.3 Å². The lowest BCUT2D eigenvalue weighted by atomic mass is 10.0. The lowest BCUT2D eigenvalue weighted by Crippen LogP contribution is -2.41. The summed E-state index contributed by atoms with van der Waals surface area (Å²) in [7, 11) is 0. The van der Waals surface area contributed by atoms with E-state index < -0.39 is 17.5 Å². The van der Waals surface area contributed by atoms with Crippen LogP contribution in [-0.4, -0.2) is 17.7 Å². The van der Waals surface area contributed by atoms with E-state index in [0.717, 1.165) is 6.07 Å². The summed E-state index contributed by atoms with van der Waals surface area (Å²) in [5.41, 5.74) is -1.84. The predicted molar refractivity (Wildman–Crippen MR) is 102 cm³/mol. The summed E-state index contributed by atoms with van der Waals surface area (Å²) in [6.45, 7) is 6.47. The van der Waals surface area contributed by atoms with Crippen LogP contribution in [0, 0.1) is 0 Å². The van der Waals surface area contributed by atoms with Crippen molar-refractivity contribution in [3.63, 3.8) is 0 Å². The van der Waals surface area contributed by atoms with Crippen LogP contribution in [0.5, 0.6) is 5.75 Å². The molecule has 0 aliphatic carbocycles. The molecule has 0 radical (unpaired) electrons. The number of carbonyl (C=O) groups is 1. The van der Waals surface area contributed by atoms with Gasteiger partial charge in [0.1, 0.15) is 5.75 Å². The molecular formula is C20H20Cl2F2O3. The number of alkyl halides is 2. The van der Waals surface area contributed by atoms with Gasteiger partial charge in [-0.25, -0.2) is 4.79 Å². The Morgan fingerprint density at radius 1 is 1.00 bits per heavy atom. The molecule has 27 heavy (non-hydrogen) atoms. The number of benzene rings is 2. The third-order valence-corrected chi connectivity index (χ3v) is 4.25. The lowest BCUT2D eigenvalue weighted by molar-refractivity contribution is -0.163. The maximum Gasteiger partial charge on any atom is 0.350 e. The van der Waals surface area contributed by atoms with Crippen molar-refractivity contribution in [1.29, 1.82) is 0 Å². The van der Waals surface area contributed by atoms with Gasteiger partial charge in [-0.2, -0.15) is 8.78 Å². The SMILES string of the molecule is CC(C)OC(=O)C(C)(C)Oc1ccc(C(F)(F)c2ccc(Cl)cc2)cc1Cl. The zero-order valence-corrected chi connectivity index (χ0v) is 16.9. The Kier molecular flexibility index (Phi) is 6.38. The van der Waals surface area contributed by atoms with E-state index in [1.807, 2.05) is 0 Å². The normalized spacial score (nSPS) is 12.2. The Labute approximate surface area is 167 Å². The number of ether oxygens (including phenoxy) is 2. The standard InChI is InChI=1S/C20H20Cl2F2O3/c1-12(2)26-18(25)19(3,4)27-17-10-7-14(11-16(17)22)20(23,24)13-5-8-15(21)9-6-13/h5-12H,1-4H3. The topological polar surface area (TPSA) is 35.5 Å². The van der Waals surface area contributed by atoms with E-state index >= 15 is 0 Å². The van der Waals surface area contributed by atoms with Gasteiger partial charge in [-0.05, 0) is 58.0 Å². The molecule has 0 bridgehead atoms. The molecule has 0 unspecified atom stereocenters. The highest BCUT2D eigenvalue weighted by Crippen LogP contribution is 2.39. The van der Waals surface area contributed by atoms with E-state index in [9.17, 15) is 13.6 Å². The lowest BCUT2D eigenvalue weighted by Gasteiger charge is -2.26. The van der Waals surface area contributed by atoms with Crippen molar-refractivity contribution in [2.45, 2.75) is 45.3 Å². The minimum atomic E-state index is -3.27. The van der Waals surface area contributed by atoms with Gasteiger partial charge in [0.15, 0.2) is 5.60 Å². The minimum Gasteiger partial charge on any atom is -0.475 e. The highest BCUT2D eigenvalue weighted by molar-refractivity contribution is 6.32. The van der Waals surface area contributed by atoms with Crippen molar-refractivity contribution in [1.82, 2.24) is 0 Å². The first-order valence-electron chi connectivity index (χ1n) is 8.27. The van der Waals surface area contributed by atoms with Crippen molar-refractivity contribution in [3.8, 4) is 5.75 Å². The molecule has 7 heteroatoms. The molecule has 0 aliphatic rings. The highest BCUT2D eigenvalue weighted by Gasteiger charge is 2.36. The van der Waals surface area contributed by atoms with Gasteiger partial charge in [-0.15, -0.1) is 0 Å². The Hall–Kier alpha value is -1.85. The molecule has 0 heterocycles. The quantitative estimate of drug-likeness (QED) is 0.522. The van der Waals surface area contributed by atoms with Crippen LogP contribution in [0.4, 0.5) is 8.78 Å². The zero-order valence-electron chi connectivity index (χ0n) is 15.4. The van der Waals surface area contributed by atoms with Gasteiger partial charge in [0.05, 0.1) is 11.1 Å². The number of halogens is 4. The predicted octanol–water partition coefficient (Wildman–Crippen LogP) is 6.24. The van der Waals surface area contributed by atoms with Gasteiger partial charge >= 0.3 is 5.97 Å². The van der Waals surface area contributed by atoms with Crippen LogP contribution < -0.4 is 4.74 Å². The minimum absolute atomic E-state index is 0.0356. The summed E-state index contributed by atoms with van der Waals surface area (Å²) in [5.74, 6) is -3.74. The van der Waals surface area contributed by atoms with E-state index in [-0.39, 0.29) is 28.0 Å². The summed E-state index contributed by atoms with van der Waals surface area (Å²) in [4.78, 5) is 12.1. The molecule has 0 fully saturated rings. The average Bonchev–Trinajstić information content (AvgIpc) is 2.56. The summed E-state index contributed by atoms with van der Waals surface area (Å²) >= 11 is 11.9. The van der Waals surface area contributed by atoms with E-state index in [1.165, 1.54) is 50.2 Å². The van der Waals surface area contributed by atoms with Crippen molar-refractivity contribution < 1.29 is 23.0 Å². The maximum absolute atomic E-state index is 14.7. The number of rotatable bonds is 6. The molecule has 0 aliphatic heterocycles. The Morgan fingerprint density at radius 3 is 2.07 bits per heavy atom. The fourth-order valence-electron chi connectivity index (χ4n) is 2.28. The average molecular weight is 417 g/mol. The number of hydrogen-bond donors (Lipinski definition) is 0. The van der Waals surface area contributed by atoms with Crippen molar-refractivity contribution >= 4 is 29.2 Å². The Balaban J connectivity index is 2.27. The van der Waals surface area contributed by atoms with Crippen LogP contribution in [0.3, 0.4) is 0 Å². The van der Waals surface area contributed by atoms with Crippen LogP contribution in [0.1, 0.15) is 38.8 Å². The molecule has 2 rings (SSSR count). The van der Waals surface area contributed by atoms with Crippen LogP contribution in [0.15, 0.2) is 42.5 Å². The van der Waals surface area contributed by atoms with Gasteiger partial charge in [-0.3, -0.25) is 0 Å². The molecule has 0 saturated carbocycles. The molecule has 0 atom stereocenters. The van der Waals surface area contributed by atoms with Crippen molar-refractivity contribution in [2.75, 3.05) is 0 Å². The second-order valence-corrected chi connectivity index (χ2v) is 7.64. The van der Waals surface area contributed by atoms with Crippen LogP contribution >= 0.6 is 23.2 Å². The number of carbonyl (C=O) groups excluding carboxylic acids is 1. The fraction of sp³-hybridized carbons (Fsp3) is 0.350. The van der Waals surface area contributed by atoms with Crippen LogP contribution in [-0.2, 0) is 15.5 Å². The number of esters is 1. The molecule has 0 amide bonds. The van der Waals surface area contributed by atoms with Crippen molar-refractivity contribution in [2.24, 2.45) is 0 Å². The van der Waals surface area contributed by atoms with Gasteiger partial charge in [0, 0.05) is 16.1 Å². The van der Waals surface area contributed by atoms with Gasteiger partial charge < -0.3 is 9.47 Å². The molecular weight excluding hydrogens is 397 g/mol. The first kappa shape index (κ1) is 21.5. The molecule has 0 saturated heterocycles. The summed E-state index contributed by atoms with van der Waals surface area (Å²) in [6, 6.07) is 8.94. The molecule has 3 nitrogen and oxygen atoms in total. The smallest absolute Gasteiger partial charge is 0.350 e. The van der Waals surface area contributed by atoms with Crippen LogP contribution in [0.2, 0.25) is 10.0 Å². The van der Waals surface area contributed by atoms with Crippen molar-refractivity contribution in [3.05, 3.63) is 63.6 Å². The zero-order chi connectivity index (χ0) is 20.4. The summed E-state index contributed by atoms with van der Waals surface area (Å²) in [5, 5.41) is 0.332. The first-order chi connectivity index (χ1) is 12.4. The van der Waals surface area contributed by atoms with Gasteiger partial charge in [0.2, 0.25) is 0 Å². The third-order valence-electron chi connectivity index (χ3n) is 3.70. The molecule has 0 N–H and O–H groups in total. The highest BCUT2D eigenvalue weighted by atomic mass is 35.5. The second-order valence-electron chi connectivity index (χ2n) is 6.79. The third kappa shape index (κ3) is 5.11.